The van der Waals surface area contributed by atoms with Gasteiger partial charge in [0.25, 0.3) is 0 Å². The second-order valence-electron chi connectivity index (χ2n) is 2.64. The Balaban J connectivity index is 2.40. The number of carbonyl (C=O) groups is 1. The summed E-state index contributed by atoms with van der Waals surface area (Å²) in [4.78, 5) is 12.4. The van der Waals surface area contributed by atoms with Gasteiger partial charge in [-0.2, -0.15) is 0 Å². The van der Waals surface area contributed by atoms with E-state index in [9.17, 15) is 4.79 Å². The van der Waals surface area contributed by atoms with Crippen molar-refractivity contribution < 1.29 is 13.6 Å². The van der Waals surface area contributed by atoms with Crippen molar-refractivity contribution in [2.45, 2.75) is 0 Å². The molecule has 0 aliphatic heterocycles. The van der Waals surface area contributed by atoms with Gasteiger partial charge in [-0.3, -0.25) is 4.90 Å². The maximum Gasteiger partial charge on any atom is 0.324 e. The third-order valence-electron chi connectivity index (χ3n) is 1.75. The average Bonchev–Trinajstić information content (AvgIpc) is 2.75. The van der Waals surface area contributed by atoms with Crippen LogP contribution in [0.5, 0.6) is 0 Å². The lowest BCUT2D eigenvalue weighted by Crippen LogP contribution is -2.30. The monoisotopic (exact) mass is 192 g/mol. The molecule has 0 aromatic carbocycles. The largest absolute Gasteiger partial charge is 0.470 e. The van der Waals surface area contributed by atoms with Crippen LogP contribution in [0.1, 0.15) is 0 Å². The molecule has 5 heteroatoms. The Bertz CT molecular complexity index is 371. The molecular formula is C9H8N2O3. The second-order valence-corrected chi connectivity index (χ2v) is 2.64. The summed E-state index contributed by atoms with van der Waals surface area (Å²) in [5.74, 6) is 0. The van der Waals surface area contributed by atoms with Gasteiger partial charge in [0.15, 0.2) is 0 Å². The van der Waals surface area contributed by atoms with Crippen LogP contribution in [0, 0.1) is 0 Å². The van der Waals surface area contributed by atoms with Gasteiger partial charge in [-0.25, -0.2) is 4.79 Å². The lowest BCUT2D eigenvalue weighted by atomic mass is 10.4. The molecule has 2 aromatic heterocycles. The second kappa shape index (κ2) is 3.29. The first-order chi connectivity index (χ1) is 6.79. The molecule has 2 amide bonds. The van der Waals surface area contributed by atoms with Crippen molar-refractivity contribution in [2.75, 3.05) is 4.90 Å². The molecular weight excluding hydrogens is 184 g/mol. The van der Waals surface area contributed by atoms with Crippen LogP contribution in [0.15, 0.2) is 46.0 Å². The van der Waals surface area contributed by atoms with E-state index in [4.69, 9.17) is 14.6 Å². The summed E-state index contributed by atoms with van der Waals surface area (Å²) in [6.07, 6.45) is 5.78. The maximum absolute atomic E-state index is 11.2. The quantitative estimate of drug-likeness (QED) is 0.791. The van der Waals surface area contributed by atoms with E-state index in [0.717, 1.165) is 0 Å². The molecule has 2 heterocycles. The third-order valence-corrected chi connectivity index (χ3v) is 1.75. The summed E-state index contributed by atoms with van der Waals surface area (Å²) in [6, 6.07) is 2.68. The summed E-state index contributed by atoms with van der Waals surface area (Å²) in [5.41, 5.74) is 6.36. The predicted molar refractivity (Wildman–Crippen MR) is 49.1 cm³/mol. The molecule has 0 unspecified atom stereocenters. The molecule has 2 rings (SSSR count). The standard InChI is InChI=1S/C9H8N2O3/c10-9(12)11(7-1-3-13-5-7)8-2-4-14-6-8/h1-6H,(H2,10,12). The van der Waals surface area contributed by atoms with Gasteiger partial charge in [0, 0.05) is 12.1 Å². The Morgan fingerprint density at radius 3 is 1.93 bits per heavy atom. The molecule has 0 atom stereocenters. The average molecular weight is 192 g/mol. The Morgan fingerprint density at radius 1 is 1.14 bits per heavy atom. The molecule has 72 valence electrons. The Morgan fingerprint density at radius 2 is 1.64 bits per heavy atom. The number of primary amides is 1. The minimum absolute atomic E-state index is 0.568. The highest BCUT2D eigenvalue weighted by Crippen LogP contribution is 2.25. The maximum atomic E-state index is 11.2. The van der Waals surface area contributed by atoms with Crippen LogP contribution in [-0.2, 0) is 0 Å². The van der Waals surface area contributed by atoms with E-state index < -0.39 is 6.03 Å². The van der Waals surface area contributed by atoms with Gasteiger partial charge in [-0.1, -0.05) is 0 Å². The van der Waals surface area contributed by atoms with Crippen LogP contribution in [0.4, 0.5) is 16.2 Å². The first-order valence-corrected chi connectivity index (χ1v) is 3.93. The molecule has 0 radical (unpaired) electrons. The van der Waals surface area contributed by atoms with E-state index in [2.05, 4.69) is 0 Å². The van der Waals surface area contributed by atoms with Crippen LogP contribution >= 0.6 is 0 Å². The van der Waals surface area contributed by atoms with Gasteiger partial charge in [0.05, 0.1) is 23.9 Å². The van der Waals surface area contributed by atoms with Gasteiger partial charge >= 0.3 is 6.03 Å². The van der Waals surface area contributed by atoms with Crippen LogP contribution < -0.4 is 10.6 Å². The number of furan rings is 2. The number of rotatable bonds is 2. The van der Waals surface area contributed by atoms with Crippen molar-refractivity contribution in [2.24, 2.45) is 5.73 Å². The molecule has 0 fully saturated rings. The van der Waals surface area contributed by atoms with E-state index >= 15 is 0 Å². The van der Waals surface area contributed by atoms with Crippen molar-refractivity contribution in [1.29, 1.82) is 0 Å². The summed E-state index contributed by atoms with van der Waals surface area (Å²) in [6.45, 7) is 0. The molecule has 0 bridgehead atoms. The Kier molecular flexibility index (Phi) is 1.98. The van der Waals surface area contributed by atoms with Gasteiger partial charge in [-0.15, -0.1) is 0 Å². The first kappa shape index (κ1) is 8.43. The summed E-state index contributed by atoms with van der Waals surface area (Å²) < 4.78 is 9.73. The molecule has 0 aliphatic carbocycles. The van der Waals surface area contributed by atoms with E-state index in [1.807, 2.05) is 0 Å². The Labute approximate surface area is 79.7 Å². The molecule has 14 heavy (non-hydrogen) atoms. The minimum atomic E-state index is -0.590. The Hall–Kier alpha value is -2.17. The van der Waals surface area contributed by atoms with Gasteiger partial charge in [-0.05, 0) is 0 Å². The normalized spacial score (nSPS) is 10.0. The molecule has 0 spiro atoms. The van der Waals surface area contributed by atoms with E-state index in [1.54, 1.807) is 12.1 Å². The molecule has 5 nitrogen and oxygen atoms in total. The SMILES string of the molecule is NC(=O)N(c1ccoc1)c1ccoc1. The van der Waals surface area contributed by atoms with Crippen molar-refractivity contribution in [3.8, 4) is 0 Å². The van der Waals surface area contributed by atoms with E-state index in [0.29, 0.717) is 11.4 Å². The van der Waals surface area contributed by atoms with Gasteiger partial charge in [0.2, 0.25) is 0 Å². The fraction of sp³-hybridized carbons (Fsp3) is 0. The third kappa shape index (κ3) is 1.35. The van der Waals surface area contributed by atoms with Crippen molar-refractivity contribution in [3.63, 3.8) is 0 Å². The van der Waals surface area contributed by atoms with Crippen molar-refractivity contribution >= 4 is 17.4 Å². The van der Waals surface area contributed by atoms with E-state index in [1.165, 1.54) is 30.0 Å². The number of nitrogens with two attached hydrogens (primary N) is 1. The number of hydrogen-bond donors (Lipinski definition) is 1. The van der Waals surface area contributed by atoms with Crippen LogP contribution in [-0.4, -0.2) is 6.03 Å². The van der Waals surface area contributed by atoms with Crippen LogP contribution in [0.25, 0.3) is 0 Å². The zero-order valence-electron chi connectivity index (χ0n) is 7.21. The zero-order chi connectivity index (χ0) is 9.97. The van der Waals surface area contributed by atoms with Crippen molar-refractivity contribution in [1.82, 2.24) is 0 Å². The molecule has 0 aliphatic rings. The zero-order valence-corrected chi connectivity index (χ0v) is 7.21. The molecule has 0 saturated heterocycles. The highest BCUT2D eigenvalue weighted by molar-refractivity contribution is 5.97. The summed E-state index contributed by atoms with van der Waals surface area (Å²) in [5, 5.41) is 0. The summed E-state index contributed by atoms with van der Waals surface area (Å²) >= 11 is 0. The van der Waals surface area contributed by atoms with Gasteiger partial charge in [0.1, 0.15) is 12.5 Å². The van der Waals surface area contributed by atoms with Gasteiger partial charge < -0.3 is 14.6 Å². The lowest BCUT2D eigenvalue weighted by molar-refractivity contribution is 0.256. The number of anilines is 2. The number of amides is 2. The smallest absolute Gasteiger partial charge is 0.324 e. The number of urea groups is 1. The molecule has 0 saturated carbocycles. The molecule has 2 aromatic rings. The number of hydrogen-bond acceptors (Lipinski definition) is 3. The topological polar surface area (TPSA) is 72.6 Å². The highest BCUT2D eigenvalue weighted by Gasteiger charge is 2.16. The highest BCUT2D eigenvalue weighted by atomic mass is 16.3. The predicted octanol–water partition coefficient (Wildman–Crippen LogP) is 2.09. The summed E-state index contributed by atoms with van der Waals surface area (Å²) in [7, 11) is 0. The van der Waals surface area contributed by atoms with Crippen LogP contribution in [0.2, 0.25) is 0 Å². The first-order valence-electron chi connectivity index (χ1n) is 3.93. The fourth-order valence-electron chi connectivity index (χ4n) is 1.17. The van der Waals surface area contributed by atoms with Crippen molar-refractivity contribution in [3.05, 3.63) is 37.2 Å². The fourth-order valence-corrected chi connectivity index (χ4v) is 1.17. The van der Waals surface area contributed by atoms with Crippen LogP contribution in [0.3, 0.4) is 0 Å². The lowest BCUT2D eigenvalue weighted by Gasteiger charge is -2.15. The number of carbonyl (C=O) groups excluding carboxylic acids is 1. The van der Waals surface area contributed by atoms with E-state index in [-0.39, 0.29) is 0 Å². The minimum Gasteiger partial charge on any atom is -0.470 e. The molecule has 2 N–H and O–H groups in total. The number of nitrogens with zero attached hydrogens (tertiary/aromatic N) is 1.